The predicted molar refractivity (Wildman–Crippen MR) is 118 cm³/mol. The highest BCUT2D eigenvalue weighted by Crippen LogP contribution is 2.31. The first kappa shape index (κ1) is 21.8. The molecule has 0 atom stereocenters. The lowest BCUT2D eigenvalue weighted by molar-refractivity contribution is -0.122. The fourth-order valence-corrected chi connectivity index (χ4v) is 3.47. The molecular formula is C23H15ClN2O7. The van der Waals surface area contributed by atoms with Crippen molar-refractivity contribution in [2.24, 2.45) is 0 Å². The molecule has 0 radical (unpaired) electrons. The number of hydrogen-bond acceptors (Lipinski definition) is 6. The Kier molecular flexibility index (Phi) is 5.72. The van der Waals surface area contributed by atoms with Crippen LogP contribution in [0.1, 0.15) is 16.1 Å². The Morgan fingerprint density at radius 3 is 2.61 bits per heavy atom. The molecule has 0 spiro atoms. The Balaban J connectivity index is 1.67. The fourth-order valence-electron chi connectivity index (χ4n) is 3.22. The van der Waals surface area contributed by atoms with Crippen LogP contribution in [0.15, 0.2) is 64.6 Å². The van der Waals surface area contributed by atoms with Gasteiger partial charge in [-0.15, -0.1) is 0 Å². The van der Waals surface area contributed by atoms with Gasteiger partial charge in [0.25, 0.3) is 11.8 Å². The number of methoxy groups -OCH3 is 1. The van der Waals surface area contributed by atoms with Crippen LogP contribution in [0.4, 0.5) is 10.5 Å². The molecule has 1 aliphatic heterocycles. The van der Waals surface area contributed by atoms with Crippen LogP contribution in [0.3, 0.4) is 0 Å². The number of carboxylic acids is 1. The second kappa shape index (κ2) is 8.64. The van der Waals surface area contributed by atoms with Gasteiger partial charge in [0, 0.05) is 5.56 Å². The summed E-state index contributed by atoms with van der Waals surface area (Å²) in [5.41, 5.74) is 0.399. The number of halogens is 1. The molecule has 0 saturated carbocycles. The minimum atomic E-state index is -1.08. The molecule has 1 saturated heterocycles. The lowest BCUT2D eigenvalue weighted by atomic mass is 10.1. The van der Waals surface area contributed by atoms with Gasteiger partial charge in [0.1, 0.15) is 22.8 Å². The average molecular weight is 467 g/mol. The van der Waals surface area contributed by atoms with E-state index in [1.807, 2.05) is 0 Å². The second-order valence-electron chi connectivity index (χ2n) is 6.86. The Morgan fingerprint density at radius 2 is 1.91 bits per heavy atom. The SMILES string of the molecule is COc1ccc(N2C(=O)NC(=O)C(=Cc3ccc(-c4cccc(C(=O)O)c4)o3)C2=O)cc1Cl. The van der Waals surface area contributed by atoms with E-state index >= 15 is 0 Å². The zero-order valence-electron chi connectivity index (χ0n) is 17.0. The first-order chi connectivity index (χ1) is 15.8. The minimum Gasteiger partial charge on any atom is -0.495 e. The van der Waals surface area contributed by atoms with Crippen LogP contribution in [0.5, 0.6) is 5.75 Å². The molecular weight excluding hydrogens is 452 g/mol. The average Bonchev–Trinajstić information content (AvgIpc) is 3.25. The highest BCUT2D eigenvalue weighted by atomic mass is 35.5. The van der Waals surface area contributed by atoms with Crippen LogP contribution in [0, 0.1) is 0 Å². The number of imide groups is 2. The number of benzene rings is 2. The van der Waals surface area contributed by atoms with E-state index in [0.717, 1.165) is 4.90 Å². The molecule has 1 aromatic heterocycles. The number of carboxylic acid groups (broad SMARTS) is 1. The van der Waals surface area contributed by atoms with Crippen LogP contribution in [0.2, 0.25) is 5.02 Å². The standard InChI is InChI=1S/C23H15ClN2O7/c1-32-19-7-5-14(10-17(19)24)26-21(28)16(20(27)25-23(26)31)11-15-6-8-18(33-15)12-3-2-4-13(9-12)22(29)30/h2-11H,1H3,(H,29,30)(H,25,27,31). The lowest BCUT2D eigenvalue weighted by Gasteiger charge is -2.26. The molecule has 166 valence electrons. The maximum Gasteiger partial charge on any atom is 0.335 e. The third-order valence-corrected chi connectivity index (χ3v) is 5.10. The molecule has 3 aromatic rings. The van der Waals surface area contributed by atoms with E-state index in [4.69, 9.17) is 25.9 Å². The first-order valence-electron chi connectivity index (χ1n) is 9.47. The third kappa shape index (κ3) is 4.21. The van der Waals surface area contributed by atoms with E-state index in [9.17, 15) is 19.2 Å². The summed E-state index contributed by atoms with van der Waals surface area (Å²) < 4.78 is 10.7. The molecule has 2 N–H and O–H groups in total. The second-order valence-corrected chi connectivity index (χ2v) is 7.27. The summed E-state index contributed by atoms with van der Waals surface area (Å²) in [5.74, 6) is -1.98. The van der Waals surface area contributed by atoms with Gasteiger partial charge in [0.15, 0.2) is 0 Å². The van der Waals surface area contributed by atoms with E-state index in [-0.39, 0.29) is 27.6 Å². The summed E-state index contributed by atoms with van der Waals surface area (Å²) in [6.07, 6.45) is 1.20. The van der Waals surface area contributed by atoms with Crippen molar-refractivity contribution in [1.29, 1.82) is 0 Å². The van der Waals surface area contributed by atoms with Crippen LogP contribution in [-0.2, 0) is 9.59 Å². The third-order valence-electron chi connectivity index (χ3n) is 4.80. The molecule has 4 rings (SSSR count). The van der Waals surface area contributed by atoms with E-state index in [1.54, 1.807) is 18.2 Å². The van der Waals surface area contributed by atoms with Crippen LogP contribution >= 0.6 is 11.6 Å². The number of carbonyl (C=O) groups is 4. The van der Waals surface area contributed by atoms with Crippen molar-refractivity contribution in [3.05, 3.63) is 76.5 Å². The molecule has 1 aliphatic rings. The summed E-state index contributed by atoms with van der Waals surface area (Å²) in [6, 6.07) is 12.6. The highest BCUT2D eigenvalue weighted by molar-refractivity contribution is 6.39. The number of barbiturate groups is 1. The van der Waals surface area contributed by atoms with Gasteiger partial charge in [0.2, 0.25) is 0 Å². The maximum absolute atomic E-state index is 13.0. The molecule has 4 amide bonds. The first-order valence-corrected chi connectivity index (χ1v) is 9.85. The number of aromatic carboxylic acids is 1. The van der Waals surface area contributed by atoms with Crippen LogP contribution in [0.25, 0.3) is 17.4 Å². The zero-order chi connectivity index (χ0) is 23.7. The van der Waals surface area contributed by atoms with Crippen molar-refractivity contribution >= 4 is 47.2 Å². The number of rotatable bonds is 5. The number of anilines is 1. The highest BCUT2D eigenvalue weighted by Gasteiger charge is 2.37. The summed E-state index contributed by atoms with van der Waals surface area (Å²) in [4.78, 5) is 49.7. The minimum absolute atomic E-state index is 0.0814. The predicted octanol–water partition coefficient (Wildman–Crippen LogP) is 3.97. The summed E-state index contributed by atoms with van der Waals surface area (Å²) in [7, 11) is 1.43. The Bertz CT molecular complexity index is 1340. The molecule has 0 aliphatic carbocycles. The number of ether oxygens (including phenoxy) is 1. The Morgan fingerprint density at radius 1 is 1.12 bits per heavy atom. The van der Waals surface area contributed by atoms with E-state index < -0.39 is 23.8 Å². The number of nitrogens with zero attached hydrogens (tertiary/aromatic N) is 1. The van der Waals surface area contributed by atoms with Crippen molar-refractivity contribution in [2.45, 2.75) is 0 Å². The van der Waals surface area contributed by atoms with Gasteiger partial charge >= 0.3 is 12.0 Å². The molecule has 10 heteroatoms. The van der Waals surface area contributed by atoms with Crippen molar-refractivity contribution in [3.8, 4) is 17.1 Å². The number of hydrogen-bond donors (Lipinski definition) is 2. The molecule has 0 bridgehead atoms. The molecule has 0 unspecified atom stereocenters. The van der Waals surface area contributed by atoms with Crippen LogP contribution < -0.4 is 15.0 Å². The number of amides is 4. The van der Waals surface area contributed by atoms with Gasteiger partial charge < -0.3 is 14.3 Å². The van der Waals surface area contributed by atoms with E-state index in [0.29, 0.717) is 17.1 Å². The van der Waals surface area contributed by atoms with Gasteiger partial charge in [-0.05, 0) is 48.5 Å². The number of urea groups is 1. The normalized spacial score (nSPS) is 15.0. The lowest BCUT2D eigenvalue weighted by Crippen LogP contribution is -2.54. The molecule has 2 aromatic carbocycles. The summed E-state index contributed by atoms with van der Waals surface area (Å²) in [5, 5.41) is 11.4. The van der Waals surface area contributed by atoms with Gasteiger partial charge in [0.05, 0.1) is 23.4 Å². The van der Waals surface area contributed by atoms with Crippen LogP contribution in [-0.4, -0.2) is 36.0 Å². The van der Waals surface area contributed by atoms with Crippen molar-refractivity contribution in [1.82, 2.24) is 5.32 Å². The molecule has 33 heavy (non-hydrogen) atoms. The summed E-state index contributed by atoms with van der Waals surface area (Å²) >= 11 is 6.10. The van der Waals surface area contributed by atoms with Gasteiger partial charge in [-0.3, -0.25) is 14.9 Å². The largest absolute Gasteiger partial charge is 0.495 e. The van der Waals surface area contributed by atoms with Gasteiger partial charge in [-0.2, -0.15) is 0 Å². The molecule has 9 nitrogen and oxygen atoms in total. The van der Waals surface area contributed by atoms with E-state index in [2.05, 4.69) is 5.32 Å². The van der Waals surface area contributed by atoms with Gasteiger partial charge in [-0.1, -0.05) is 23.7 Å². The number of nitrogens with one attached hydrogen (secondary N) is 1. The summed E-state index contributed by atoms with van der Waals surface area (Å²) in [6.45, 7) is 0. The van der Waals surface area contributed by atoms with E-state index in [1.165, 1.54) is 49.6 Å². The quantitative estimate of drug-likeness (QED) is 0.430. The van der Waals surface area contributed by atoms with Gasteiger partial charge in [-0.25, -0.2) is 14.5 Å². The van der Waals surface area contributed by atoms with Crippen molar-refractivity contribution in [3.63, 3.8) is 0 Å². The van der Waals surface area contributed by atoms with Crippen molar-refractivity contribution < 1.29 is 33.4 Å². The molecule has 2 heterocycles. The smallest absolute Gasteiger partial charge is 0.335 e. The maximum atomic E-state index is 13.0. The Hall–Kier alpha value is -4.37. The Labute approximate surface area is 191 Å². The monoisotopic (exact) mass is 466 g/mol. The van der Waals surface area contributed by atoms with Crippen molar-refractivity contribution in [2.75, 3.05) is 12.0 Å². The number of furan rings is 1. The fraction of sp³-hybridized carbons (Fsp3) is 0.0435. The number of carbonyl (C=O) groups excluding carboxylic acids is 3. The molecule has 1 fully saturated rings. The topological polar surface area (TPSA) is 126 Å². The zero-order valence-corrected chi connectivity index (χ0v) is 17.8.